The van der Waals surface area contributed by atoms with Gasteiger partial charge in [-0.15, -0.1) is 0 Å². The van der Waals surface area contributed by atoms with Crippen molar-refractivity contribution in [2.75, 3.05) is 20.2 Å². The first-order chi connectivity index (χ1) is 11.7. The molecular formula is C18H21N3O3. The maximum absolute atomic E-state index is 5.80. The van der Waals surface area contributed by atoms with E-state index in [0.29, 0.717) is 30.6 Å². The smallest absolute Gasteiger partial charge is 0.241 e. The Kier molecular flexibility index (Phi) is 5.28. The summed E-state index contributed by atoms with van der Waals surface area (Å²) in [4.78, 5) is 6.46. The molecule has 24 heavy (non-hydrogen) atoms. The number of nitrogens with zero attached hydrogens (tertiary/aromatic N) is 3. The van der Waals surface area contributed by atoms with Gasteiger partial charge in [0, 0.05) is 6.54 Å². The summed E-state index contributed by atoms with van der Waals surface area (Å²) < 4.78 is 16.3. The lowest BCUT2D eigenvalue weighted by atomic mass is 10.2. The minimum atomic E-state index is 0.478. The summed E-state index contributed by atoms with van der Waals surface area (Å²) in [5.74, 6) is 2.61. The van der Waals surface area contributed by atoms with Gasteiger partial charge in [0.1, 0.15) is 5.75 Å². The highest BCUT2D eigenvalue weighted by Gasteiger charge is 2.12. The molecule has 6 heteroatoms. The Morgan fingerprint density at radius 1 is 1.17 bits per heavy atom. The zero-order chi connectivity index (χ0) is 16.8. The normalized spacial score (nSPS) is 11.1. The van der Waals surface area contributed by atoms with Gasteiger partial charge < -0.3 is 13.7 Å². The van der Waals surface area contributed by atoms with Crippen molar-refractivity contribution in [2.24, 2.45) is 0 Å². The average molecular weight is 327 g/mol. The molecule has 0 aliphatic rings. The van der Waals surface area contributed by atoms with Gasteiger partial charge in [-0.3, -0.25) is 4.90 Å². The van der Waals surface area contributed by atoms with Crippen LogP contribution in [-0.2, 0) is 6.54 Å². The molecule has 0 fully saturated rings. The lowest BCUT2D eigenvalue weighted by Crippen LogP contribution is -2.21. The van der Waals surface area contributed by atoms with Crippen LogP contribution in [0.5, 0.6) is 5.75 Å². The molecule has 3 aromatic rings. The molecular weight excluding hydrogens is 306 g/mol. The molecule has 0 saturated carbocycles. The maximum atomic E-state index is 5.80. The number of furan rings is 1. The molecule has 0 bridgehead atoms. The Morgan fingerprint density at radius 3 is 2.83 bits per heavy atom. The van der Waals surface area contributed by atoms with Gasteiger partial charge in [-0.25, -0.2) is 0 Å². The van der Waals surface area contributed by atoms with Crippen molar-refractivity contribution in [1.82, 2.24) is 15.0 Å². The van der Waals surface area contributed by atoms with E-state index in [0.717, 1.165) is 24.3 Å². The third-order valence-electron chi connectivity index (χ3n) is 3.65. The van der Waals surface area contributed by atoms with Gasteiger partial charge in [0.15, 0.2) is 5.76 Å². The van der Waals surface area contributed by atoms with Crippen LogP contribution in [0.2, 0.25) is 0 Å². The molecule has 0 amide bonds. The number of hydrogen-bond acceptors (Lipinski definition) is 6. The van der Waals surface area contributed by atoms with E-state index >= 15 is 0 Å². The van der Waals surface area contributed by atoms with Crippen LogP contribution < -0.4 is 4.74 Å². The number of rotatable bonds is 8. The van der Waals surface area contributed by atoms with Crippen LogP contribution in [0.4, 0.5) is 0 Å². The summed E-state index contributed by atoms with van der Waals surface area (Å²) in [5.41, 5.74) is 1.15. The number of aryl methyl sites for hydroxylation is 1. The van der Waals surface area contributed by atoms with E-state index < -0.39 is 0 Å². The van der Waals surface area contributed by atoms with Gasteiger partial charge in [-0.1, -0.05) is 23.4 Å². The molecule has 0 radical (unpaired) electrons. The highest BCUT2D eigenvalue weighted by Crippen LogP contribution is 2.17. The van der Waals surface area contributed by atoms with Gasteiger partial charge in [0.05, 0.1) is 19.4 Å². The summed E-state index contributed by atoms with van der Waals surface area (Å²) in [7, 11) is 2.02. The Balaban J connectivity index is 1.41. The molecule has 6 nitrogen and oxygen atoms in total. The van der Waals surface area contributed by atoms with E-state index in [4.69, 9.17) is 13.7 Å². The van der Waals surface area contributed by atoms with Crippen molar-refractivity contribution in [2.45, 2.75) is 19.9 Å². The molecule has 0 aliphatic carbocycles. The standard InChI is InChI=1S/C18H21N3O3/c1-14-7-3-4-8-15(14)22-12-6-10-21(2)13-17-19-18(20-24-17)16-9-5-11-23-16/h3-5,7-9,11H,6,10,12-13H2,1-2H3. The lowest BCUT2D eigenvalue weighted by molar-refractivity contribution is 0.235. The van der Waals surface area contributed by atoms with E-state index in [1.807, 2.05) is 38.2 Å². The van der Waals surface area contributed by atoms with Crippen molar-refractivity contribution in [1.29, 1.82) is 0 Å². The zero-order valence-corrected chi connectivity index (χ0v) is 13.9. The average Bonchev–Trinajstić information content (AvgIpc) is 3.24. The van der Waals surface area contributed by atoms with Crippen LogP contribution in [0, 0.1) is 6.92 Å². The van der Waals surface area contributed by atoms with E-state index in [-0.39, 0.29) is 0 Å². The predicted octanol–water partition coefficient (Wildman–Crippen LogP) is 3.54. The molecule has 2 heterocycles. The second kappa shape index (κ2) is 7.79. The Labute approximate surface area is 141 Å². The Hall–Kier alpha value is -2.60. The summed E-state index contributed by atoms with van der Waals surface area (Å²) in [5, 5.41) is 3.93. The van der Waals surface area contributed by atoms with Crippen molar-refractivity contribution < 1.29 is 13.7 Å². The lowest BCUT2D eigenvalue weighted by Gasteiger charge is -2.14. The fraction of sp³-hybridized carbons (Fsp3) is 0.333. The fourth-order valence-electron chi connectivity index (χ4n) is 2.37. The van der Waals surface area contributed by atoms with Gasteiger partial charge in [0.25, 0.3) is 0 Å². The minimum Gasteiger partial charge on any atom is -0.493 e. The third-order valence-corrected chi connectivity index (χ3v) is 3.65. The fourth-order valence-corrected chi connectivity index (χ4v) is 2.37. The summed E-state index contributed by atoms with van der Waals surface area (Å²) in [6.45, 7) is 4.20. The minimum absolute atomic E-state index is 0.478. The van der Waals surface area contributed by atoms with Crippen LogP contribution in [0.25, 0.3) is 11.6 Å². The van der Waals surface area contributed by atoms with Crippen molar-refractivity contribution in [3.05, 3.63) is 54.1 Å². The molecule has 126 valence electrons. The van der Waals surface area contributed by atoms with Crippen LogP contribution in [-0.4, -0.2) is 35.2 Å². The number of hydrogen-bond donors (Lipinski definition) is 0. The highest BCUT2D eigenvalue weighted by atomic mass is 16.5. The molecule has 0 N–H and O–H groups in total. The summed E-state index contributed by atoms with van der Waals surface area (Å²) in [6.07, 6.45) is 2.51. The molecule has 0 aliphatic heterocycles. The molecule has 0 unspecified atom stereocenters. The first-order valence-electron chi connectivity index (χ1n) is 7.96. The quantitative estimate of drug-likeness (QED) is 0.590. The van der Waals surface area contributed by atoms with Crippen molar-refractivity contribution >= 4 is 0 Å². The summed E-state index contributed by atoms with van der Waals surface area (Å²) >= 11 is 0. The highest BCUT2D eigenvalue weighted by molar-refractivity contribution is 5.44. The number of para-hydroxylation sites is 1. The zero-order valence-electron chi connectivity index (χ0n) is 13.9. The van der Waals surface area contributed by atoms with E-state index in [1.165, 1.54) is 0 Å². The van der Waals surface area contributed by atoms with Crippen LogP contribution >= 0.6 is 0 Å². The van der Waals surface area contributed by atoms with Gasteiger partial charge in [-0.2, -0.15) is 4.98 Å². The summed E-state index contributed by atoms with van der Waals surface area (Å²) in [6, 6.07) is 11.6. The van der Waals surface area contributed by atoms with Crippen LogP contribution in [0.3, 0.4) is 0 Å². The Morgan fingerprint density at radius 2 is 2.04 bits per heavy atom. The van der Waals surface area contributed by atoms with Crippen LogP contribution in [0.1, 0.15) is 17.9 Å². The van der Waals surface area contributed by atoms with Crippen molar-refractivity contribution in [3.63, 3.8) is 0 Å². The number of benzene rings is 1. The third kappa shape index (κ3) is 4.23. The second-order valence-electron chi connectivity index (χ2n) is 5.69. The molecule has 1 aromatic carbocycles. The van der Waals surface area contributed by atoms with Crippen molar-refractivity contribution in [3.8, 4) is 17.3 Å². The van der Waals surface area contributed by atoms with Gasteiger partial charge >= 0.3 is 0 Å². The Bertz CT molecular complexity index is 752. The van der Waals surface area contributed by atoms with Crippen LogP contribution in [0.15, 0.2) is 51.6 Å². The molecule has 0 spiro atoms. The topological polar surface area (TPSA) is 64.5 Å². The van der Waals surface area contributed by atoms with E-state index in [2.05, 4.69) is 15.0 Å². The van der Waals surface area contributed by atoms with Gasteiger partial charge in [0.2, 0.25) is 11.7 Å². The first-order valence-corrected chi connectivity index (χ1v) is 7.96. The largest absolute Gasteiger partial charge is 0.493 e. The number of ether oxygens (including phenoxy) is 1. The molecule has 2 aromatic heterocycles. The monoisotopic (exact) mass is 327 g/mol. The molecule has 3 rings (SSSR count). The molecule has 0 saturated heterocycles. The molecule has 0 atom stereocenters. The van der Waals surface area contributed by atoms with E-state index in [9.17, 15) is 0 Å². The van der Waals surface area contributed by atoms with E-state index in [1.54, 1.807) is 18.4 Å². The maximum Gasteiger partial charge on any atom is 0.241 e. The second-order valence-corrected chi connectivity index (χ2v) is 5.69. The van der Waals surface area contributed by atoms with Gasteiger partial charge in [-0.05, 0) is 44.2 Å². The SMILES string of the molecule is Cc1ccccc1OCCCN(C)Cc1nc(-c2ccco2)no1. The first kappa shape index (κ1) is 16.3. The number of aromatic nitrogens is 2. The predicted molar refractivity (Wildman–Crippen MR) is 89.6 cm³/mol.